The fourth-order valence-electron chi connectivity index (χ4n) is 2.44. The van der Waals surface area contributed by atoms with Gasteiger partial charge in [0.2, 0.25) is 0 Å². The number of nitro benzene ring substituents is 1. The lowest BCUT2D eigenvalue weighted by molar-refractivity contribution is -0.384. The van der Waals surface area contributed by atoms with Crippen molar-refractivity contribution < 1.29 is 4.92 Å². The van der Waals surface area contributed by atoms with Gasteiger partial charge in [-0.3, -0.25) is 10.1 Å². The molecule has 100 valence electrons. The fraction of sp³-hybridized carbons (Fsp3) is 0.0667. The molecule has 0 spiro atoms. The molecule has 1 heterocycles. The van der Waals surface area contributed by atoms with Crippen LogP contribution in [0.3, 0.4) is 0 Å². The zero-order valence-corrected chi connectivity index (χ0v) is 12.3. The quantitative estimate of drug-likeness (QED) is 0.512. The molecule has 4 nitrogen and oxygen atoms in total. The van der Waals surface area contributed by atoms with E-state index in [-0.39, 0.29) is 10.6 Å². The van der Waals surface area contributed by atoms with E-state index in [1.165, 1.54) is 6.07 Å². The van der Waals surface area contributed by atoms with Gasteiger partial charge in [-0.05, 0) is 18.2 Å². The molecule has 0 fully saturated rings. The highest BCUT2D eigenvalue weighted by molar-refractivity contribution is 9.10. The number of halogens is 1. The first-order valence-electron chi connectivity index (χ1n) is 6.06. The number of aryl methyl sites for hydroxylation is 1. The van der Waals surface area contributed by atoms with Gasteiger partial charge in [-0.25, -0.2) is 0 Å². The third-order valence-electron chi connectivity index (χ3n) is 3.34. The highest BCUT2D eigenvalue weighted by Crippen LogP contribution is 2.37. The number of fused-ring (bicyclic) bond motifs is 1. The third-order valence-corrected chi connectivity index (χ3v) is 3.84. The predicted molar refractivity (Wildman–Crippen MR) is 82.7 cm³/mol. The van der Waals surface area contributed by atoms with Gasteiger partial charge < -0.3 is 4.57 Å². The maximum absolute atomic E-state index is 11.3. The molecular weight excluding hydrogens is 320 g/mol. The predicted octanol–water partition coefficient (Wildman–Crippen LogP) is 4.52. The lowest BCUT2D eigenvalue weighted by Gasteiger charge is -2.02. The minimum Gasteiger partial charge on any atom is -0.350 e. The van der Waals surface area contributed by atoms with Crippen LogP contribution >= 0.6 is 15.9 Å². The maximum Gasteiger partial charge on any atom is 0.278 e. The molecule has 5 heteroatoms. The number of para-hydroxylation sites is 1. The first-order valence-corrected chi connectivity index (χ1v) is 6.85. The first kappa shape index (κ1) is 12.9. The van der Waals surface area contributed by atoms with Crippen molar-refractivity contribution in [3.05, 3.63) is 63.2 Å². The molecule has 20 heavy (non-hydrogen) atoms. The van der Waals surface area contributed by atoms with E-state index in [0.29, 0.717) is 10.0 Å². The van der Waals surface area contributed by atoms with Crippen molar-refractivity contribution in [2.45, 2.75) is 0 Å². The number of benzene rings is 2. The van der Waals surface area contributed by atoms with Crippen LogP contribution in [0.5, 0.6) is 0 Å². The minimum absolute atomic E-state index is 0.107. The zero-order valence-electron chi connectivity index (χ0n) is 10.7. The molecule has 0 aliphatic carbocycles. The van der Waals surface area contributed by atoms with E-state index >= 15 is 0 Å². The minimum atomic E-state index is -0.345. The summed E-state index contributed by atoms with van der Waals surface area (Å²) < 4.78 is 2.68. The summed E-state index contributed by atoms with van der Waals surface area (Å²) in [5.74, 6) is 0. The molecule has 0 N–H and O–H groups in total. The van der Waals surface area contributed by atoms with Gasteiger partial charge in [0.1, 0.15) is 0 Å². The van der Waals surface area contributed by atoms with Crippen molar-refractivity contribution in [1.29, 1.82) is 0 Å². The molecule has 0 aliphatic heterocycles. The Morgan fingerprint density at radius 3 is 2.65 bits per heavy atom. The molecule has 0 bridgehead atoms. The molecule has 0 radical (unpaired) electrons. The topological polar surface area (TPSA) is 48.1 Å². The molecule has 0 amide bonds. The third kappa shape index (κ3) is 2.00. The van der Waals surface area contributed by atoms with Crippen molar-refractivity contribution >= 4 is 32.5 Å². The van der Waals surface area contributed by atoms with Crippen molar-refractivity contribution in [3.8, 4) is 11.1 Å². The van der Waals surface area contributed by atoms with Crippen LogP contribution in [0.1, 0.15) is 0 Å². The molecule has 0 saturated carbocycles. The Morgan fingerprint density at radius 2 is 1.90 bits per heavy atom. The van der Waals surface area contributed by atoms with E-state index in [2.05, 4.69) is 15.9 Å². The Hall–Kier alpha value is -2.14. The van der Waals surface area contributed by atoms with Gasteiger partial charge in [-0.1, -0.05) is 34.1 Å². The summed E-state index contributed by atoms with van der Waals surface area (Å²) in [6.07, 6.45) is 1.93. The van der Waals surface area contributed by atoms with Crippen LogP contribution in [0, 0.1) is 10.1 Å². The normalized spacial score (nSPS) is 10.9. The largest absolute Gasteiger partial charge is 0.350 e. The Kier molecular flexibility index (Phi) is 3.06. The molecule has 0 atom stereocenters. The highest BCUT2D eigenvalue weighted by Gasteiger charge is 2.19. The van der Waals surface area contributed by atoms with E-state index in [1.807, 2.05) is 48.1 Å². The van der Waals surface area contributed by atoms with Gasteiger partial charge in [0.05, 0.1) is 10.5 Å². The average molecular weight is 331 g/mol. The van der Waals surface area contributed by atoms with Crippen LogP contribution in [0.2, 0.25) is 0 Å². The first-order chi connectivity index (χ1) is 9.58. The summed E-state index contributed by atoms with van der Waals surface area (Å²) in [4.78, 5) is 10.9. The molecule has 0 unspecified atom stereocenters. The van der Waals surface area contributed by atoms with Crippen LogP contribution < -0.4 is 0 Å². The Morgan fingerprint density at radius 1 is 1.15 bits per heavy atom. The number of aromatic nitrogens is 1. The van der Waals surface area contributed by atoms with Gasteiger partial charge in [-0.15, -0.1) is 0 Å². The summed E-state index contributed by atoms with van der Waals surface area (Å²) in [5, 5.41) is 12.3. The lowest BCUT2D eigenvalue weighted by atomic mass is 10.0. The van der Waals surface area contributed by atoms with E-state index in [9.17, 15) is 10.1 Å². The zero-order chi connectivity index (χ0) is 14.3. The smallest absolute Gasteiger partial charge is 0.278 e. The average Bonchev–Trinajstić information content (AvgIpc) is 2.77. The van der Waals surface area contributed by atoms with E-state index in [0.717, 1.165) is 16.5 Å². The van der Waals surface area contributed by atoms with Gasteiger partial charge >= 0.3 is 0 Å². The Bertz CT molecular complexity index is 824. The second-order valence-corrected chi connectivity index (χ2v) is 5.51. The molecular formula is C15H11BrN2O2. The molecule has 3 rings (SSSR count). The van der Waals surface area contributed by atoms with E-state index < -0.39 is 0 Å². The van der Waals surface area contributed by atoms with Gasteiger partial charge in [0.25, 0.3) is 5.69 Å². The van der Waals surface area contributed by atoms with Crippen molar-refractivity contribution in [2.75, 3.05) is 0 Å². The fourth-order valence-corrected chi connectivity index (χ4v) is 2.79. The monoisotopic (exact) mass is 330 g/mol. The highest BCUT2D eigenvalue weighted by atomic mass is 79.9. The summed E-state index contributed by atoms with van der Waals surface area (Å²) in [6.45, 7) is 0. The van der Waals surface area contributed by atoms with Crippen LogP contribution in [-0.4, -0.2) is 9.49 Å². The molecule has 0 aliphatic rings. The number of nitro groups is 1. The van der Waals surface area contributed by atoms with Crippen LogP contribution in [0.4, 0.5) is 5.69 Å². The second-order valence-electron chi connectivity index (χ2n) is 4.59. The van der Waals surface area contributed by atoms with Gasteiger partial charge in [-0.2, -0.15) is 0 Å². The van der Waals surface area contributed by atoms with Crippen LogP contribution in [0.15, 0.2) is 53.1 Å². The van der Waals surface area contributed by atoms with Crippen LogP contribution in [-0.2, 0) is 7.05 Å². The summed E-state index contributed by atoms with van der Waals surface area (Å²) in [7, 11) is 1.94. The second kappa shape index (κ2) is 4.76. The Balaban J connectivity index is 2.34. The number of hydrogen-bond acceptors (Lipinski definition) is 2. The standard InChI is InChI=1S/C15H11BrN2O2/c1-17-9-13(11-4-2-3-5-14(11)17)12-7-6-10(16)8-15(12)18(19)20/h2-9H,1H3. The molecule has 1 aromatic heterocycles. The summed E-state index contributed by atoms with van der Waals surface area (Å²) >= 11 is 3.28. The maximum atomic E-state index is 11.3. The van der Waals surface area contributed by atoms with Crippen LogP contribution in [0.25, 0.3) is 22.0 Å². The Labute approximate surface area is 123 Å². The van der Waals surface area contributed by atoms with E-state index in [4.69, 9.17) is 0 Å². The summed E-state index contributed by atoms with van der Waals surface area (Å²) in [5.41, 5.74) is 2.67. The number of hydrogen-bond donors (Lipinski definition) is 0. The van der Waals surface area contributed by atoms with Gasteiger partial charge in [0.15, 0.2) is 0 Å². The van der Waals surface area contributed by atoms with Crippen molar-refractivity contribution in [3.63, 3.8) is 0 Å². The van der Waals surface area contributed by atoms with E-state index in [1.54, 1.807) is 6.07 Å². The molecule has 2 aromatic carbocycles. The molecule has 3 aromatic rings. The summed E-state index contributed by atoms with van der Waals surface area (Å²) in [6, 6.07) is 13.0. The molecule has 0 saturated heterocycles. The van der Waals surface area contributed by atoms with Crippen molar-refractivity contribution in [2.24, 2.45) is 7.05 Å². The number of nitrogens with zero attached hydrogens (tertiary/aromatic N) is 2. The number of rotatable bonds is 2. The van der Waals surface area contributed by atoms with Gasteiger partial charge in [0, 0.05) is 40.2 Å². The van der Waals surface area contributed by atoms with Crippen molar-refractivity contribution in [1.82, 2.24) is 4.57 Å². The SMILES string of the molecule is Cn1cc(-c2ccc(Br)cc2[N+](=O)[O-])c2ccccc21. The lowest BCUT2D eigenvalue weighted by Crippen LogP contribution is -1.91.